The van der Waals surface area contributed by atoms with Gasteiger partial charge in [-0.3, -0.25) is 4.90 Å². The molecule has 4 rings (SSSR count). The largest absolute Gasteiger partial charge is 0.496 e. The standard InChI is InChI=1S/C19H23NO3/c1-22-17-7-6-12(19-14(17)4-3-5-18(19)23-2)9-20-10-13-8-16(21)15(13)11-20/h3-7,13,15-16,21H,8-11H2,1-2H3/t13-,15+,16-/m1/s1. The van der Waals surface area contributed by atoms with Crippen LogP contribution in [0.25, 0.3) is 10.8 Å². The monoisotopic (exact) mass is 313 g/mol. The van der Waals surface area contributed by atoms with Crippen LogP contribution in [-0.4, -0.2) is 43.4 Å². The number of fused-ring (bicyclic) bond motifs is 2. The Morgan fingerprint density at radius 2 is 1.91 bits per heavy atom. The minimum Gasteiger partial charge on any atom is -0.496 e. The first-order valence-corrected chi connectivity index (χ1v) is 8.24. The minimum absolute atomic E-state index is 0.0906. The molecule has 0 unspecified atom stereocenters. The van der Waals surface area contributed by atoms with Gasteiger partial charge in [-0.15, -0.1) is 0 Å². The molecule has 122 valence electrons. The predicted molar refractivity (Wildman–Crippen MR) is 89.9 cm³/mol. The van der Waals surface area contributed by atoms with Crippen molar-refractivity contribution >= 4 is 10.8 Å². The number of aliphatic hydroxyl groups is 1. The summed E-state index contributed by atoms with van der Waals surface area (Å²) in [5.41, 5.74) is 1.26. The normalized spacial score (nSPS) is 26.8. The molecule has 1 N–H and O–H groups in total. The second-order valence-corrected chi connectivity index (χ2v) is 6.73. The van der Waals surface area contributed by atoms with Crippen LogP contribution in [0.4, 0.5) is 0 Å². The Labute approximate surface area is 136 Å². The van der Waals surface area contributed by atoms with Crippen LogP contribution < -0.4 is 9.47 Å². The lowest BCUT2D eigenvalue weighted by Crippen LogP contribution is -2.39. The van der Waals surface area contributed by atoms with Gasteiger partial charge in [0.05, 0.1) is 20.3 Å². The van der Waals surface area contributed by atoms with Crippen molar-refractivity contribution < 1.29 is 14.6 Å². The molecule has 2 aromatic rings. The Balaban J connectivity index is 1.69. The lowest BCUT2D eigenvalue weighted by Gasteiger charge is -2.35. The molecule has 2 aliphatic rings. The van der Waals surface area contributed by atoms with Crippen molar-refractivity contribution in [3.8, 4) is 11.5 Å². The van der Waals surface area contributed by atoms with E-state index >= 15 is 0 Å². The summed E-state index contributed by atoms with van der Waals surface area (Å²) in [5, 5.41) is 12.1. The third-order valence-electron chi connectivity index (χ3n) is 5.49. The topological polar surface area (TPSA) is 41.9 Å². The van der Waals surface area contributed by atoms with E-state index in [4.69, 9.17) is 9.47 Å². The first kappa shape index (κ1) is 14.8. The van der Waals surface area contributed by atoms with Gasteiger partial charge in [-0.05, 0) is 30.0 Å². The fourth-order valence-corrected chi connectivity index (χ4v) is 4.23. The molecule has 23 heavy (non-hydrogen) atoms. The average molecular weight is 313 g/mol. The molecule has 1 aliphatic heterocycles. The van der Waals surface area contributed by atoms with E-state index in [0.717, 1.165) is 48.3 Å². The smallest absolute Gasteiger partial charge is 0.127 e. The quantitative estimate of drug-likeness (QED) is 0.942. The van der Waals surface area contributed by atoms with Crippen LogP contribution in [0.15, 0.2) is 30.3 Å². The number of likely N-dealkylation sites (tertiary alicyclic amines) is 1. The molecule has 2 aromatic carbocycles. The van der Waals surface area contributed by atoms with Crippen molar-refractivity contribution in [1.82, 2.24) is 4.90 Å². The SMILES string of the molecule is COc1ccc(CN2C[C@H]3C[C@@H](O)[C@H]3C2)c2c(OC)cccc12. The second-order valence-electron chi connectivity index (χ2n) is 6.73. The zero-order valence-electron chi connectivity index (χ0n) is 13.7. The van der Waals surface area contributed by atoms with Crippen molar-refractivity contribution in [2.45, 2.75) is 19.1 Å². The Morgan fingerprint density at radius 3 is 2.61 bits per heavy atom. The predicted octanol–water partition coefficient (Wildman–Crippen LogP) is 2.67. The van der Waals surface area contributed by atoms with E-state index in [2.05, 4.69) is 17.0 Å². The maximum Gasteiger partial charge on any atom is 0.127 e. The van der Waals surface area contributed by atoms with E-state index in [1.165, 1.54) is 5.56 Å². The summed E-state index contributed by atoms with van der Waals surface area (Å²) < 4.78 is 11.1. The summed E-state index contributed by atoms with van der Waals surface area (Å²) in [5.74, 6) is 2.91. The van der Waals surface area contributed by atoms with Crippen LogP contribution in [-0.2, 0) is 6.54 Å². The van der Waals surface area contributed by atoms with Gasteiger partial charge in [0, 0.05) is 36.3 Å². The summed E-state index contributed by atoms with van der Waals surface area (Å²) in [7, 11) is 3.41. The van der Waals surface area contributed by atoms with Crippen LogP contribution in [0.3, 0.4) is 0 Å². The molecule has 4 heteroatoms. The van der Waals surface area contributed by atoms with Crippen LogP contribution in [0, 0.1) is 11.8 Å². The highest BCUT2D eigenvalue weighted by molar-refractivity contribution is 5.95. The van der Waals surface area contributed by atoms with Crippen LogP contribution in [0.1, 0.15) is 12.0 Å². The maximum atomic E-state index is 9.86. The van der Waals surface area contributed by atoms with Gasteiger partial charge >= 0.3 is 0 Å². The van der Waals surface area contributed by atoms with Crippen molar-refractivity contribution in [3.63, 3.8) is 0 Å². The van der Waals surface area contributed by atoms with Crippen molar-refractivity contribution in [2.24, 2.45) is 11.8 Å². The molecule has 0 bridgehead atoms. The highest BCUT2D eigenvalue weighted by Gasteiger charge is 2.46. The van der Waals surface area contributed by atoms with Crippen LogP contribution in [0.5, 0.6) is 11.5 Å². The van der Waals surface area contributed by atoms with E-state index in [1.54, 1.807) is 14.2 Å². The molecule has 0 spiro atoms. The first-order valence-electron chi connectivity index (χ1n) is 8.24. The lowest BCUT2D eigenvalue weighted by molar-refractivity contribution is -0.00435. The van der Waals surface area contributed by atoms with E-state index in [0.29, 0.717) is 11.8 Å². The van der Waals surface area contributed by atoms with Gasteiger partial charge in [-0.25, -0.2) is 0 Å². The number of rotatable bonds is 4. The highest BCUT2D eigenvalue weighted by Crippen LogP contribution is 2.42. The first-order chi connectivity index (χ1) is 11.2. The molecule has 3 atom stereocenters. The Morgan fingerprint density at radius 1 is 1.09 bits per heavy atom. The van der Waals surface area contributed by atoms with E-state index in [9.17, 15) is 5.11 Å². The average Bonchev–Trinajstić information content (AvgIpc) is 2.90. The number of benzene rings is 2. The summed E-state index contributed by atoms with van der Waals surface area (Å²) >= 11 is 0. The third-order valence-corrected chi connectivity index (χ3v) is 5.49. The third kappa shape index (κ3) is 2.37. The van der Waals surface area contributed by atoms with E-state index < -0.39 is 0 Å². The van der Waals surface area contributed by atoms with Crippen molar-refractivity contribution in [1.29, 1.82) is 0 Å². The van der Waals surface area contributed by atoms with Crippen LogP contribution in [0.2, 0.25) is 0 Å². The Kier molecular flexibility index (Phi) is 3.66. The van der Waals surface area contributed by atoms with Gasteiger partial charge in [-0.2, -0.15) is 0 Å². The summed E-state index contributed by atoms with van der Waals surface area (Å²) in [6.45, 7) is 2.97. The molecule has 1 saturated carbocycles. The fourth-order valence-electron chi connectivity index (χ4n) is 4.23. The Hall–Kier alpha value is -1.78. The van der Waals surface area contributed by atoms with Gasteiger partial charge in [-0.1, -0.05) is 18.2 Å². The molecule has 0 aromatic heterocycles. The van der Waals surface area contributed by atoms with E-state index in [1.807, 2.05) is 18.2 Å². The molecule has 4 nitrogen and oxygen atoms in total. The molecular formula is C19H23NO3. The number of ether oxygens (including phenoxy) is 2. The second kappa shape index (κ2) is 5.69. The van der Waals surface area contributed by atoms with Gasteiger partial charge in [0.2, 0.25) is 0 Å². The van der Waals surface area contributed by atoms with Gasteiger partial charge in [0.15, 0.2) is 0 Å². The van der Waals surface area contributed by atoms with Crippen molar-refractivity contribution in [2.75, 3.05) is 27.3 Å². The van der Waals surface area contributed by atoms with Gasteiger partial charge < -0.3 is 14.6 Å². The number of aliphatic hydroxyl groups excluding tert-OH is 1. The lowest BCUT2D eigenvalue weighted by atomic mass is 9.74. The number of methoxy groups -OCH3 is 2. The van der Waals surface area contributed by atoms with E-state index in [-0.39, 0.29) is 6.10 Å². The van der Waals surface area contributed by atoms with Gasteiger partial charge in [0.1, 0.15) is 11.5 Å². The molecule has 2 fully saturated rings. The summed E-state index contributed by atoms with van der Waals surface area (Å²) in [6.07, 6.45) is 0.876. The van der Waals surface area contributed by atoms with Gasteiger partial charge in [0.25, 0.3) is 0 Å². The Bertz CT molecular complexity index is 730. The summed E-state index contributed by atoms with van der Waals surface area (Å²) in [6, 6.07) is 10.3. The molecule has 0 amide bonds. The summed E-state index contributed by atoms with van der Waals surface area (Å²) in [4.78, 5) is 2.46. The molecule has 0 radical (unpaired) electrons. The van der Waals surface area contributed by atoms with Crippen molar-refractivity contribution in [3.05, 3.63) is 35.9 Å². The number of nitrogens with zero attached hydrogens (tertiary/aromatic N) is 1. The molecule has 1 heterocycles. The maximum absolute atomic E-state index is 9.86. The zero-order chi connectivity index (χ0) is 16.0. The highest BCUT2D eigenvalue weighted by atomic mass is 16.5. The molecule has 1 aliphatic carbocycles. The minimum atomic E-state index is -0.0906. The fraction of sp³-hybridized carbons (Fsp3) is 0.474. The molecular weight excluding hydrogens is 290 g/mol. The number of hydrogen-bond acceptors (Lipinski definition) is 4. The zero-order valence-corrected chi connectivity index (χ0v) is 13.7. The number of hydrogen-bond donors (Lipinski definition) is 1. The van der Waals surface area contributed by atoms with Crippen LogP contribution >= 0.6 is 0 Å². The molecule has 1 saturated heterocycles.